The lowest BCUT2D eigenvalue weighted by Gasteiger charge is -2.07. The highest BCUT2D eigenvalue weighted by molar-refractivity contribution is 9.10. The first-order chi connectivity index (χ1) is 9.22. The number of benzene rings is 1. The second-order valence-corrected chi connectivity index (χ2v) is 5.59. The lowest BCUT2D eigenvalue weighted by atomic mass is 10.2. The molecule has 1 N–H and O–H groups in total. The molecule has 0 spiro atoms. The summed E-state index contributed by atoms with van der Waals surface area (Å²) in [5.74, 6) is 0.658. The highest BCUT2D eigenvalue weighted by Crippen LogP contribution is 2.19. The molecule has 0 saturated heterocycles. The van der Waals surface area contributed by atoms with Gasteiger partial charge < -0.3 is 5.32 Å². The topological polar surface area (TPSA) is 42.7 Å². The van der Waals surface area contributed by atoms with E-state index >= 15 is 0 Å². The first-order valence-corrected chi connectivity index (χ1v) is 7.05. The molecule has 19 heavy (non-hydrogen) atoms. The van der Waals surface area contributed by atoms with Crippen LogP contribution in [0.1, 0.15) is 24.2 Å². The molecule has 0 radical (unpaired) electrons. The van der Waals surface area contributed by atoms with Crippen molar-refractivity contribution in [3.05, 3.63) is 46.2 Å². The highest BCUT2D eigenvalue weighted by atomic mass is 79.9. The van der Waals surface area contributed by atoms with Crippen LogP contribution in [0.25, 0.3) is 0 Å². The van der Waals surface area contributed by atoms with Crippen LogP contribution in [0.2, 0.25) is 0 Å². The van der Waals surface area contributed by atoms with Crippen LogP contribution in [0.4, 0.5) is 4.39 Å². The van der Waals surface area contributed by atoms with Gasteiger partial charge in [0.05, 0.1) is 17.6 Å². The van der Waals surface area contributed by atoms with Gasteiger partial charge in [-0.1, -0.05) is 6.07 Å². The van der Waals surface area contributed by atoms with Crippen molar-refractivity contribution in [2.75, 3.05) is 0 Å². The monoisotopic (exact) mass is 324 g/mol. The summed E-state index contributed by atoms with van der Waals surface area (Å²) in [7, 11) is 0. The van der Waals surface area contributed by atoms with Gasteiger partial charge in [-0.15, -0.1) is 0 Å². The van der Waals surface area contributed by atoms with Gasteiger partial charge >= 0.3 is 0 Å². The van der Waals surface area contributed by atoms with E-state index in [9.17, 15) is 4.39 Å². The van der Waals surface area contributed by atoms with Gasteiger partial charge in [0.15, 0.2) is 0 Å². The minimum atomic E-state index is -0.252. The first kappa shape index (κ1) is 12.7. The molecular weight excluding hydrogens is 311 g/mol. The molecule has 1 aliphatic rings. The molecule has 0 unspecified atom stereocenters. The second kappa shape index (κ2) is 5.38. The van der Waals surface area contributed by atoms with E-state index in [1.807, 2.05) is 4.68 Å². The minimum absolute atomic E-state index is 0.252. The summed E-state index contributed by atoms with van der Waals surface area (Å²) < 4.78 is 15.5. The largest absolute Gasteiger partial charge is 0.307 e. The van der Waals surface area contributed by atoms with Gasteiger partial charge in [0.1, 0.15) is 18.0 Å². The lowest BCUT2D eigenvalue weighted by Crippen LogP contribution is -2.19. The number of nitrogens with one attached hydrogen (secondary N) is 1. The summed E-state index contributed by atoms with van der Waals surface area (Å²) in [6, 6.07) is 5.64. The van der Waals surface area contributed by atoms with Crippen molar-refractivity contribution in [2.45, 2.75) is 32.0 Å². The van der Waals surface area contributed by atoms with Crippen LogP contribution >= 0.6 is 15.9 Å². The third-order valence-electron chi connectivity index (χ3n) is 3.14. The Morgan fingerprint density at radius 1 is 1.42 bits per heavy atom. The van der Waals surface area contributed by atoms with E-state index in [-0.39, 0.29) is 5.82 Å². The minimum Gasteiger partial charge on any atom is -0.307 e. The van der Waals surface area contributed by atoms with Gasteiger partial charge in [-0.05, 0) is 46.5 Å². The maximum Gasteiger partial charge on any atom is 0.141 e. The van der Waals surface area contributed by atoms with Crippen LogP contribution in [-0.2, 0) is 13.1 Å². The average Bonchev–Trinajstić information content (AvgIpc) is 3.12. The van der Waals surface area contributed by atoms with E-state index in [2.05, 4.69) is 31.3 Å². The van der Waals surface area contributed by atoms with E-state index < -0.39 is 0 Å². The molecule has 4 nitrogen and oxygen atoms in total. The van der Waals surface area contributed by atoms with Crippen LogP contribution in [0.5, 0.6) is 0 Å². The summed E-state index contributed by atoms with van der Waals surface area (Å²) in [6.45, 7) is 1.33. The van der Waals surface area contributed by atoms with Crippen LogP contribution in [0.15, 0.2) is 29.0 Å². The van der Waals surface area contributed by atoms with E-state index in [1.54, 1.807) is 18.5 Å². The first-order valence-electron chi connectivity index (χ1n) is 6.26. The number of hydrogen-bond donors (Lipinski definition) is 1. The van der Waals surface area contributed by atoms with Gasteiger partial charge in [-0.3, -0.25) is 0 Å². The van der Waals surface area contributed by atoms with Crippen LogP contribution in [0.3, 0.4) is 0 Å². The van der Waals surface area contributed by atoms with Crippen molar-refractivity contribution in [1.82, 2.24) is 20.1 Å². The molecule has 0 atom stereocenters. The summed E-state index contributed by atoms with van der Waals surface area (Å²) in [5, 5.41) is 7.63. The molecule has 0 aliphatic heterocycles. The summed E-state index contributed by atoms with van der Waals surface area (Å²) >= 11 is 3.19. The van der Waals surface area contributed by atoms with Crippen LogP contribution in [0, 0.1) is 5.82 Å². The van der Waals surface area contributed by atoms with E-state index in [4.69, 9.17) is 0 Å². The molecule has 2 aromatic rings. The number of hydrogen-bond acceptors (Lipinski definition) is 3. The molecule has 1 heterocycles. The molecular formula is C13H14BrFN4. The molecule has 1 fully saturated rings. The van der Waals surface area contributed by atoms with Gasteiger partial charge in [0.25, 0.3) is 0 Å². The van der Waals surface area contributed by atoms with Gasteiger partial charge in [0, 0.05) is 6.04 Å². The summed E-state index contributed by atoms with van der Waals surface area (Å²) in [4.78, 5) is 4.26. The maximum atomic E-state index is 13.2. The lowest BCUT2D eigenvalue weighted by molar-refractivity contribution is 0.581. The van der Waals surface area contributed by atoms with Crippen molar-refractivity contribution in [3.8, 4) is 0 Å². The van der Waals surface area contributed by atoms with Crippen LogP contribution < -0.4 is 5.32 Å². The molecule has 1 aromatic heterocycles. The zero-order chi connectivity index (χ0) is 13.2. The van der Waals surface area contributed by atoms with E-state index in [1.165, 1.54) is 18.9 Å². The zero-order valence-corrected chi connectivity index (χ0v) is 11.9. The van der Waals surface area contributed by atoms with Gasteiger partial charge in [-0.25, -0.2) is 14.1 Å². The number of rotatable bonds is 5. The maximum absolute atomic E-state index is 13.2. The van der Waals surface area contributed by atoms with Crippen molar-refractivity contribution in [2.24, 2.45) is 0 Å². The number of aromatic nitrogens is 3. The Kier molecular flexibility index (Phi) is 3.61. The summed E-state index contributed by atoms with van der Waals surface area (Å²) in [5.41, 5.74) is 0.992. The molecule has 1 saturated carbocycles. The second-order valence-electron chi connectivity index (χ2n) is 4.74. The Balaban J connectivity index is 1.71. The Morgan fingerprint density at radius 3 is 3.00 bits per heavy atom. The molecule has 1 aliphatic carbocycles. The Morgan fingerprint density at radius 2 is 2.26 bits per heavy atom. The smallest absolute Gasteiger partial charge is 0.141 e. The quantitative estimate of drug-likeness (QED) is 0.918. The molecule has 6 heteroatoms. The molecule has 100 valence electrons. The Labute approximate surface area is 119 Å². The van der Waals surface area contributed by atoms with E-state index in [0.29, 0.717) is 17.1 Å². The Bertz CT molecular complexity index is 580. The number of nitrogens with zero attached hydrogens (tertiary/aromatic N) is 3. The average molecular weight is 325 g/mol. The zero-order valence-electron chi connectivity index (χ0n) is 10.3. The van der Waals surface area contributed by atoms with Crippen molar-refractivity contribution in [3.63, 3.8) is 0 Å². The van der Waals surface area contributed by atoms with Crippen LogP contribution in [-0.4, -0.2) is 20.8 Å². The molecule has 1 aromatic carbocycles. The SMILES string of the molecule is Fc1ccc(Cn2ncnc2CNC2CC2)cc1Br. The van der Waals surface area contributed by atoms with Crippen molar-refractivity contribution >= 4 is 15.9 Å². The normalized spacial score (nSPS) is 14.8. The molecule has 0 amide bonds. The predicted molar refractivity (Wildman–Crippen MR) is 73.1 cm³/mol. The fraction of sp³-hybridized carbons (Fsp3) is 0.385. The van der Waals surface area contributed by atoms with Gasteiger partial charge in [-0.2, -0.15) is 5.10 Å². The predicted octanol–water partition coefficient (Wildman–Crippen LogP) is 2.48. The molecule has 3 rings (SSSR count). The van der Waals surface area contributed by atoms with Crippen molar-refractivity contribution < 1.29 is 4.39 Å². The third kappa shape index (κ3) is 3.19. The highest BCUT2D eigenvalue weighted by Gasteiger charge is 2.21. The fourth-order valence-electron chi connectivity index (χ4n) is 1.89. The van der Waals surface area contributed by atoms with Crippen molar-refractivity contribution in [1.29, 1.82) is 0 Å². The standard InChI is InChI=1S/C13H14BrFN4/c14-11-5-9(1-4-12(11)15)7-19-13(17-8-18-19)6-16-10-2-3-10/h1,4-5,8,10,16H,2-3,6-7H2. The fourth-order valence-corrected chi connectivity index (χ4v) is 2.32. The summed E-state index contributed by atoms with van der Waals surface area (Å²) in [6.07, 6.45) is 4.06. The number of halogens is 2. The van der Waals surface area contributed by atoms with Gasteiger partial charge in [0.2, 0.25) is 0 Å². The van der Waals surface area contributed by atoms with E-state index in [0.717, 1.165) is 17.9 Å². The Hall–Kier alpha value is -1.27. The third-order valence-corrected chi connectivity index (χ3v) is 3.75. The molecule has 0 bridgehead atoms.